The number of ether oxygens (including phenoxy) is 1. The Kier molecular flexibility index (Phi) is 5.48. The second-order valence-electron chi connectivity index (χ2n) is 7.30. The van der Waals surface area contributed by atoms with Gasteiger partial charge >= 0.3 is 0 Å². The third kappa shape index (κ3) is 3.89. The summed E-state index contributed by atoms with van der Waals surface area (Å²) in [7, 11) is 1.62. The third-order valence-electron chi connectivity index (χ3n) is 5.22. The van der Waals surface area contributed by atoms with Crippen molar-refractivity contribution in [1.29, 1.82) is 0 Å². The van der Waals surface area contributed by atoms with E-state index in [4.69, 9.17) is 4.74 Å². The fourth-order valence-corrected chi connectivity index (χ4v) is 3.71. The SMILES string of the molecule is COc1ccc(CNC(=O)C[C@H]2c3ncccc3C(=O)N2c2cccc(C)c2)cc1. The summed E-state index contributed by atoms with van der Waals surface area (Å²) in [5.41, 5.74) is 3.98. The van der Waals surface area contributed by atoms with E-state index in [1.807, 2.05) is 55.5 Å². The lowest BCUT2D eigenvalue weighted by atomic mass is 10.1. The van der Waals surface area contributed by atoms with Crippen molar-refractivity contribution in [1.82, 2.24) is 10.3 Å². The van der Waals surface area contributed by atoms with Crippen LogP contribution in [0.25, 0.3) is 0 Å². The Balaban J connectivity index is 1.53. The van der Waals surface area contributed by atoms with E-state index in [0.29, 0.717) is 17.8 Å². The molecule has 0 bridgehead atoms. The highest BCUT2D eigenvalue weighted by molar-refractivity contribution is 6.11. The minimum absolute atomic E-state index is 0.128. The van der Waals surface area contributed by atoms with Crippen LogP contribution in [0.1, 0.15) is 39.6 Å². The first kappa shape index (κ1) is 19.6. The third-order valence-corrected chi connectivity index (χ3v) is 5.22. The first-order chi connectivity index (χ1) is 14.6. The number of aromatic nitrogens is 1. The quantitative estimate of drug-likeness (QED) is 0.682. The lowest BCUT2D eigenvalue weighted by Crippen LogP contribution is -2.33. The summed E-state index contributed by atoms with van der Waals surface area (Å²) in [6.07, 6.45) is 1.80. The van der Waals surface area contributed by atoms with E-state index in [-0.39, 0.29) is 18.2 Å². The Bertz CT molecular complexity index is 1080. The molecular formula is C24H23N3O3. The summed E-state index contributed by atoms with van der Waals surface area (Å²) in [5.74, 6) is 0.502. The first-order valence-corrected chi connectivity index (χ1v) is 9.81. The van der Waals surface area contributed by atoms with E-state index in [1.54, 1.807) is 30.3 Å². The van der Waals surface area contributed by atoms with Crippen LogP contribution in [0.15, 0.2) is 66.9 Å². The van der Waals surface area contributed by atoms with Gasteiger partial charge in [0, 0.05) is 18.4 Å². The van der Waals surface area contributed by atoms with Crippen molar-refractivity contribution in [3.05, 3.63) is 89.2 Å². The molecule has 1 aromatic heterocycles. The van der Waals surface area contributed by atoms with Crippen LogP contribution in [-0.4, -0.2) is 23.9 Å². The van der Waals surface area contributed by atoms with Gasteiger partial charge in [-0.15, -0.1) is 0 Å². The van der Waals surface area contributed by atoms with Crippen molar-refractivity contribution in [2.24, 2.45) is 0 Å². The topological polar surface area (TPSA) is 71.5 Å². The number of carbonyl (C=O) groups is 2. The van der Waals surface area contributed by atoms with Gasteiger partial charge in [-0.1, -0.05) is 24.3 Å². The lowest BCUT2D eigenvalue weighted by Gasteiger charge is -2.25. The van der Waals surface area contributed by atoms with Crippen LogP contribution in [0.5, 0.6) is 5.75 Å². The van der Waals surface area contributed by atoms with Gasteiger partial charge in [0.1, 0.15) is 5.75 Å². The normalized spacial score (nSPS) is 15.1. The van der Waals surface area contributed by atoms with Gasteiger partial charge in [-0.3, -0.25) is 19.5 Å². The van der Waals surface area contributed by atoms with Gasteiger partial charge < -0.3 is 10.1 Å². The summed E-state index contributed by atoms with van der Waals surface area (Å²) in [4.78, 5) is 31.9. The van der Waals surface area contributed by atoms with E-state index < -0.39 is 6.04 Å². The van der Waals surface area contributed by atoms with Crippen LogP contribution >= 0.6 is 0 Å². The van der Waals surface area contributed by atoms with Gasteiger partial charge in [0.15, 0.2) is 0 Å². The van der Waals surface area contributed by atoms with Crippen molar-refractivity contribution < 1.29 is 14.3 Å². The maximum atomic E-state index is 13.1. The average molecular weight is 401 g/mol. The van der Waals surface area contributed by atoms with Crippen molar-refractivity contribution in [2.75, 3.05) is 12.0 Å². The second-order valence-corrected chi connectivity index (χ2v) is 7.30. The number of carbonyl (C=O) groups excluding carboxylic acids is 2. The van der Waals surface area contributed by atoms with Gasteiger partial charge in [0.25, 0.3) is 5.91 Å². The van der Waals surface area contributed by atoms with Crippen LogP contribution in [0.2, 0.25) is 0 Å². The summed E-state index contributed by atoms with van der Waals surface area (Å²) in [6, 6.07) is 18.3. The van der Waals surface area contributed by atoms with Crippen LogP contribution in [0.3, 0.4) is 0 Å². The molecule has 2 amide bonds. The van der Waals surface area contributed by atoms with E-state index in [0.717, 1.165) is 22.6 Å². The highest BCUT2D eigenvalue weighted by atomic mass is 16.5. The van der Waals surface area contributed by atoms with Gasteiger partial charge in [-0.05, 0) is 54.4 Å². The molecule has 1 aliphatic rings. The predicted molar refractivity (Wildman–Crippen MR) is 114 cm³/mol. The highest BCUT2D eigenvalue weighted by Gasteiger charge is 2.39. The highest BCUT2D eigenvalue weighted by Crippen LogP contribution is 2.38. The lowest BCUT2D eigenvalue weighted by molar-refractivity contribution is -0.121. The fourth-order valence-electron chi connectivity index (χ4n) is 3.71. The minimum Gasteiger partial charge on any atom is -0.497 e. The largest absolute Gasteiger partial charge is 0.497 e. The molecule has 4 rings (SSSR count). The number of anilines is 1. The molecule has 30 heavy (non-hydrogen) atoms. The molecular weight excluding hydrogens is 378 g/mol. The van der Waals surface area contributed by atoms with Crippen molar-refractivity contribution in [3.63, 3.8) is 0 Å². The number of methoxy groups -OCH3 is 1. The zero-order valence-electron chi connectivity index (χ0n) is 17.0. The zero-order chi connectivity index (χ0) is 21.1. The molecule has 0 unspecified atom stereocenters. The van der Waals surface area contributed by atoms with E-state index in [9.17, 15) is 9.59 Å². The zero-order valence-corrected chi connectivity index (χ0v) is 17.0. The molecule has 2 heterocycles. The average Bonchev–Trinajstić information content (AvgIpc) is 3.04. The molecule has 0 spiro atoms. The van der Waals surface area contributed by atoms with E-state index >= 15 is 0 Å². The Hall–Kier alpha value is -3.67. The molecule has 6 heteroatoms. The Morgan fingerprint density at radius 2 is 1.93 bits per heavy atom. The molecule has 0 fully saturated rings. The molecule has 3 aromatic rings. The molecule has 1 N–H and O–H groups in total. The maximum absolute atomic E-state index is 13.1. The van der Waals surface area contributed by atoms with Crippen LogP contribution < -0.4 is 15.0 Å². The number of pyridine rings is 1. The molecule has 0 radical (unpaired) electrons. The van der Waals surface area contributed by atoms with E-state index in [1.165, 1.54) is 0 Å². The number of fused-ring (bicyclic) bond motifs is 1. The van der Waals surface area contributed by atoms with Crippen molar-refractivity contribution in [2.45, 2.75) is 25.9 Å². The maximum Gasteiger partial charge on any atom is 0.260 e. The van der Waals surface area contributed by atoms with E-state index in [2.05, 4.69) is 10.3 Å². The number of rotatable bonds is 6. The number of amides is 2. The summed E-state index contributed by atoms with van der Waals surface area (Å²) < 4.78 is 5.16. The predicted octanol–water partition coefficient (Wildman–Crippen LogP) is 3.81. The summed E-state index contributed by atoms with van der Waals surface area (Å²) in [6.45, 7) is 2.38. The van der Waals surface area contributed by atoms with Crippen LogP contribution in [-0.2, 0) is 11.3 Å². The number of benzene rings is 2. The summed E-state index contributed by atoms with van der Waals surface area (Å²) >= 11 is 0. The Morgan fingerprint density at radius 3 is 2.67 bits per heavy atom. The molecule has 0 aliphatic carbocycles. The molecule has 0 saturated heterocycles. The van der Waals surface area contributed by atoms with Gasteiger partial charge in [-0.2, -0.15) is 0 Å². The van der Waals surface area contributed by atoms with Crippen molar-refractivity contribution >= 4 is 17.5 Å². The molecule has 1 aliphatic heterocycles. The van der Waals surface area contributed by atoms with Gasteiger partial charge in [0.05, 0.1) is 30.8 Å². The second kappa shape index (κ2) is 8.37. The van der Waals surface area contributed by atoms with Crippen molar-refractivity contribution in [3.8, 4) is 5.75 Å². The first-order valence-electron chi connectivity index (χ1n) is 9.81. The van der Waals surface area contributed by atoms with Crippen LogP contribution in [0, 0.1) is 6.92 Å². The smallest absolute Gasteiger partial charge is 0.260 e. The molecule has 152 valence electrons. The standard InChI is InChI=1S/C24H23N3O3/c1-16-5-3-6-18(13-16)27-21(23-20(24(27)29)7-4-12-25-23)14-22(28)26-15-17-8-10-19(30-2)11-9-17/h3-13,21H,14-15H2,1-2H3,(H,26,28)/t21-/m0/s1. The number of nitrogens with zero attached hydrogens (tertiary/aromatic N) is 2. The fraction of sp³-hybridized carbons (Fsp3) is 0.208. The summed E-state index contributed by atoms with van der Waals surface area (Å²) in [5, 5.41) is 2.95. The minimum atomic E-state index is -0.439. The number of hydrogen-bond acceptors (Lipinski definition) is 4. The monoisotopic (exact) mass is 401 g/mol. The van der Waals surface area contributed by atoms with Crippen LogP contribution in [0.4, 0.5) is 5.69 Å². The Labute approximate surface area is 175 Å². The van der Waals surface area contributed by atoms with Gasteiger partial charge in [-0.25, -0.2) is 0 Å². The molecule has 0 saturated carbocycles. The number of aryl methyl sites for hydroxylation is 1. The number of hydrogen-bond donors (Lipinski definition) is 1. The molecule has 1 atom stereocenters. The van der Waals surface area contributed by atoms with Gasteiger partial charge in [0.2, 0.25) is 5.91 Å². The molecule has 6 nitrogen and oxygen atoms in total. The number of nitrogens with one attached hydrogen (secondary N) is 1. The Morgan fingerprint density at radius 1 is 1.13 bits per heavy atom. The molecule has 2 aromatic carbocycles.